The van der Waals surface area contributed by atoms with Gasteiger partial charge in [-0.1, -0.05) is 5.16 Å². The Morgan fingerprint density at radius 2 is 2.17 bits per heavy atom. The third-order valence-electron chi connectivity index (χ3n) is 2.33. The van der Waals surface area contributed by atoms with Gasteiger partial charge in [-0.25, -0.2) is 0 Å². The normalized spacial score (nSPS) is 10.3. The molecule has 0 aliphatic rings. The number of nitrogen functional groups attached to an aromatic ring is 1. The van der Waals surface area contributed by atoms with Gasteiger partial charge in [0.1, 0.15) is 0 Å². The van der Waals surface area contributed by atoms with E-state index in [-0.39, 0.29) is 12.5 Å². The lowest BCUT2D eigenvalue weighted by Crippen LogP contribution is -2.23. The van der Waals surface area contributed by atoms with Crippen LogP contribution in [0.1, 0.15) is 27.6 Å². The van der Waals surface area contributed by atoms with Gasteiger partial charge in [-0.2, -0.15) is 4.98 Å². The maximum Gasteiger partial charge on any atom is 0.251 e. The van der Waals surface area contributed by atoms with Crippen molar-refractivity contribution in [2.75, 3.05) is 5.73 Å². The van der Waals surface area contributed by atoms with Crippen LogP contribution in [0.15, 0.2) is 22.7 Å². The quantitative estimate of drug-likeness (QED) is 0.793. The topological polar surface area (TPSA) is 94.0 Å². The first-order chi connectivity index (χ1) is 8.54. The highest BCUT2D eigenvalue weighted by atomic mass is 16.5. The minimum absolute atomic E-state index is 0.202. The number of aromatic nitrogens is 2. The highest BCUT2D eigenvalue weighted by molar-refractivity contribution is 5.95. The first-order valence-electron chi connectivity index (χ1n) is 5.49. The van der Waals surface area contributed by atoms with Gasteiger partial charge in [-0.15, -0.1) is 0 Å². The number of amides is 1. The monoisotopic (exact) mass is 246 g/mol. The molecule has 2 aromatic rings. The van der Waals surface area contributed by atoms with Crippen LogP contribution in [0.3, 0.4) is 0 Å². The summed E-state index contributed by atoms with van der Waals surface area (Å²) in [6.07, 6.45) is 0. The Morgan fingerprint density at radius 1 is 1.39 bits per heavy atom. The molecule has 0 spiro atoms. The lowest BCUT2D eigenvalue weighted by Gasteiger charge is -2.04. The molecular formula is C12H14N4O2. The van der Waals surface area contributed by atoms with Crippen LogP contribution in [0.2, 0.25) is 0 Å². The number of carbonyl (C=O) groups excluding carboxylic acids is 1. The number of nitrogens with zero attached hydrogens (tertiary/aromatic N) is 2. The second-order valence-electron chi connectivity index (χ2n) is 4.05. The number of aryl methyl sites for hydroxylation is 2. The van der Waals surface area contributed by atoms with E-state index in [4.69, 9.17) is 10.3 Å². The molecule has 2 rings (SSSR count). The van der Waals surface area contributed by atoms with Crippen molar-refractivity contribution in [3.8, 4) is 0 Å². The average Bonchev–Trinajstić information content (AvgIpc) is 2.70. The fourth-order valence-electron chi connectivity index (χ4n) is 1.61. The molecule has 3 N–H and O–H groups in total. The van der Waals surface area contributed by atoms with Gasteiger partial charge < -0.3 is 15.6 Å². The van der Waals surface area contributed by atoms with E-state index in [0.717, 1.165) is 5.56 Å². The molecule has 1 aromatic carbocycles. The molecule has 6 heteroatoms. The average molecular weight is 246 g/mol. The molecule has 0 saturated carbocycles. The minimum Gasteiger partial charge on any atom is -0.399 e. The van der Waals surface area contributed by atoms with Crippen LogP contribution in [0.25, 0.3) is 0 Å². The summed E-state index contributed by atoms with van der Waals surface area (Å²) in [5.41, 5.74) is 7.71. The van der Waals surface area contributed by atoms with Gasteiger partial charge in [0.2, 0.25) is 5.89 Å². The van der Waals surface area contributed by atoms with Crippen molar-refractivity contribution in [3.05, 3.63) is 41.0 Å². The van der Waals surface area contributed by atoms with Crippen LogP contribution >= 0.6 is 0 Å². The van der Waals surface area contributed by atoms with E-state index in [1.807, 2.05) is 6.92 Å². The van der Waals surface area contributed by atoms with Crippen LogP contribution in [0.4, 0.5) is 5.69 Å². The molecule has 0 bridgehead atoms. The lowest BCUT2D eigenvalue weighted by molar-refractivity contribution is 0.0946. The van der Waals surface area contributed by atoms with Crippen molar-refractivity contribution in [1.82, 2.24) is 15.5 Å². The summed E-state index contributed by atoms with van der Waals surface area (Å²) in [5.74, 6) is 0.696. The van der Waals surface area contributed by atoms with E-state index < -0.39 is 0 Å². The summed E-state index contributed by atoms with van der Waals surface area (Å²) in [4.78, 5) is 15.9. The minimum atomic E-state index is -0.221. The number of rotatable bonds is 3. The molecule has 0 unspecified atom stereocenters. The van der Waals surface area contributed by atoms with Gasteiger partial charge in [0.05, 0.1) is 6.54 Å². The van der Waals surface area contributed by atoms with E-state index in [1.54, 1.807) is 25.1 Å². The van der Waals surface area contributed by atoms with Crippen molar-refractivity contribution in [1.29, 1.82) is 0 Å². The van der Waals surface area contributed by atoms with Crippen LogP contribution in [-0.4, -0.2) is 16.0 Å². The summed E-state index contributed by atoms with van der Waals surface area (Å²) in [6.45, 7) is 3.80. The Labute approximate surface area is 104 Å². The smallest absolute Gasteiger partial charge is 0.251 e. The molecular weight excluding hydrogens is 232 g/mol. The van der Waals surface area contributed by atoms with Crippen molar-refractivity contribution >= 4 is 11.6 Å². The van der Waals surface area contributed by atoms with Crippen LogP contribution < -0.4 is 11.1 Å². The number of carbonyl (C=O) groups is 1. The summed E-state index contributed by atoms with van der Waals surface area (Å²) in [6, 6.07) is 5.20. The predicted octanol–water partition coefficient (Wildman–Crippen LogP) is 1.20. The molecule has 94 valence electrons. The lowest BCUT2D eigenvalue weighted by atomic mass is 10.1. The predicted molar refractivity (Wildman–Crippen MR) is 65.8 cm³/mol. The van der Waals surface area contributed by atoms with E-state index >= 15 is 0 Å². The van der Waals surface area contributed by atoms with Crippen molar-refractivity contribution in [3.63, 3.8) is 0 Å². The molecule has 0 saturated heterocycles. The number of hydrogen-bond donors (Lipinski definition) is 2. The van der Waals surface area contributed by atoms with Gasteiger partial charge in [-0.05, 0) is 37.6 Å². The Morgan fingerprint density at radius 3 is 2.78 bits per heavy atom. The van der Waals surface area contributed by atoms with E-state index in [9.17, 15) is 4.79 Å². The van der Waals surface area contributed by atoms with Crippen molar-refractivity contribution in [2.45, 2.75) is 20.4 Å². The van der Waals surface area contributed by atoms with E-state index in [1.165, 1.54) is 0 Å². The van der Waals surface area contributed by atoms with Crippen LogP contribution in [0.5, 0.6) is 0 Å². The summed E-state index contributed by atoms with van der Waals surface area (Å²) >= 11 is 0. The van der Waals surface area contributed by atoms with Crippen molar-refractivity contribution < 1.29 is 9.32 Å². The largest absolute Gasteiger partial charge is 0.399 e. The summed E-state index contributed by atoms with van der Waals surface area (Å²) in [5, 5.41) is 6.33. The number of hydrogen-bond acceptors (Lipinski definition) is 5. The third-order valence-corrected chi connectivity index (χ3v) is 2.33. The van der Waals surface area contributed by atoms with Gasteiger partial charge >= 0.3 is 0 Å². The number of nitrogens with one attached hydrogen (secondary N) is 1. The first-order valence-corrected chi connectivity index (χ1v) is 5.49. The molecule has 1 amide bonds. The SMILES string of the molecule is Cc1cc(N)cc(C(=O)NCc2nc(C)no2)c1. The van der Waals surface area contributed by atoms with Gasteiger partial charge in [-0.3, -0.25) is 4.79 Å². The van der Waals surface area contributed by atoms with Crippen LogP contribution in [0, 0.1) is 13.8 Å². The number of benzene rings is 1. The van der Waals surface area contributed by atoms with Gasteiger partial charge in [0.15, 0.2) is 5.82 Å². The zero-order valence-corrected chi connectivity index (χ0v) is 10.2. The standard InChI is InChI=1S/C12H14N4O2/c1-7-3-9(5-10(13)4-7)12(17)14-6-11-15-8(2)16-18-11/h3-5H,6,13H2,1-2H3,(H,14,17). The molecule has 0 radical (unpaired) electrons. The molecule has 18 heavy (non-hydrogen) atoms. The summed E-state index contributed by atoms with van der Waals surface area (Å²) in [7, 11) is 0. The third kappa shape index (κ3) is 2.85. The Hall–Kier alpha value is -2.37. The number of anilines is 1. The molecule has 1 heterocycles. The molecule has 0 fully saturated rings. The highest BCUT2D eigenvalue weighted by Gasteiger charge is 2.09. The van der Waals surface area contributed by atoms with E-state index in [0.29, 0.717) is 23.0 Å². The Balaban J connectivity index is 2.03. The Kier molecular flexibility index (Phi) is 3.27. The summed E-state index contributed by atoms with van der Waals surface area (Å²) < 4.78 is 4.90. The first kappa shape index (κ1) is 12.1. The van der Waals surface area contributed by atoms with Crippen molar-refractivity contribution in [2.24, 2.45) is 0 Å². The molecule has 0 atom stereocenters. The fourth-order valence-corrected chi connectivity index (χ4v) is 1.61. The maximum absolute atomic E-state index is 11.9. The zero-order valence-electron chi connectivity index (χ0n) is 10.2. The molecule has 0 aliphatic carbocycles. The van der Waals surface area contributed by atoms with Crippen LogP contribution in [-0.2, 0) is 6.54 Å². The molecule has 6 nitrogen and oxygen atoms in total. The Bertz CT molecular complexity index is 557. The van der Waals surface area contributed by atoms with Gasteiger partial charge in [0, 0.05) is 11.3 Å². The highest BCUT2D eigenvalue weighted by Crippen LogP contribution is 2.11. The molecule has 1 aromatic heterocycles. The zero-order chi connectivity index (χ0) is 13.1. The number of nitrogens with two attached hydrogens (primary N) is 1. The fraction of sp³-hybridized carbons (Fsp3) is 0.250. The van der Waals surface area contributed by atoms with E-state index in [2.05, 4.69) is 15.5 Å². The van der Waals surface area contributed by atoms with Gasteiger partial charge in [0.25, 0.3) is 5.91 Å². The molecule has 0 aliphatic heterocycles. The second-order valence-corrected chi connectivity index (χ2v) is 4.05. The second kappa shape index (κ2) is 4.87. The maximum atomic E-state index is 11.9.